The van der Waals surface area contributed by atoms with Crippen LogP contribution >= 0.6 is 0 Å². The fourth-order valence-electron chi connectivity index (χ4n) is 2.36. The minimum absolute atomic E-state index is 1.25. The zero-order valence-corrected chi connectivity index (χ0v) is 11.2. The summed E-state index contributed by atoms with van der Waals surface area (Å²) in [6, 6.07) is 6.90. The van der Waals surface area contributed by atoms with Gasteiger partial charge in [-0.15, -0.1) is 0 Å². The van der Waals surface area contributed by atoms with Gasteiger partial charge in [-0.25, -0.2) is 0 Å². The first-order chi connectivity index (χ1) is 7.83. The van der Waals surface area contributed by atoms with Gasteiger partial charge in [-0.1, -0.05) is 58.2 Å². The molecule has 0 saturated heterocycles. The van der Waals surface area contributed by atoms with Gasteiger partial charge >= 0.3 is 0 Å². The molecular weight excluding hydrogens is 192 g/mol. The van der Waals surface area contributed by atoms with Gasteiger partial charge in [-0.2, -0.15) is 0 Å². The third-order valence-electron chi connectivity index (χ3n) is 3.19. The normalized spacial score (nSPS) is 10.7. The summed E-state index contributed by atoms with van der Waals surface area (Å²) in [6.45, 7) is 6.83. The molecule has 0 amide bonds. The van der Waals surface area contributed by atoms with Crippen LogP contribution in [-0.4, -0.2) is 0 Å². The van der Waals surface area contributed by atoms with Crippen LogP contribution in [0.1, 0.15) is 63.1 Å². The first-order valence-corrected chi connectivity index (χ1v) is 6.93. The number of unbranched alkanes of at least 4 members (excludes halogenated alkanes) is 1. The van der Waals surface area contributed by atoms with Gasteiger partial charge in [0.1, 0.15) is 0 Å². The second kappa shape index (κ2) is 7.49. The van der Waals surface area contributed by atoms with E-state index in [1.807, 2.05) is 0 Å². The molecule has 0 atom stereocenters. The molecule has 1 aromatic rings. The maximum absolute atomic E-state index is 2.33. The van der Waals surface area contributed by atoms with Gasteiger partial charge < -0.3 is 0 Å². The van der Waals surface area contributed by atoms with Crippen LogP contribution in [0.2, 0.25) is 0 Å². The molecule has 1 aromatic carbocycles. The van der Waals surface area contributed by atoms with Gasteiger partial charge in [0, 0.05) is 0 Å². The Morgan fingerprint density at radius 1 is 0.750 bits per heavy atom. The van der Waals surface area contributed by atoms with Crippen molar-refractivity contribution < 1.29 is 0 Å². The lowest BCUT2D eigenvalue weighted by Gasteiger charge is -2.13. The fourth-order valence-corrected chi connectivity index (χ4v) is 2.36. The van der Waals surface area contributed by atoms with Gasteiger partial charge in [-0.05, 0) is 42.4 Å². The van der Waals surface area contributed by atoms with Crippen molar-refractivity contribution in [3.8, 4) is 0 Å². The Balaban J connectivity index is 2.90. The molecule has 0 aromatic heterocycles. The number of hydrogen-bond donors (Lipinski definition) is 0. The van der Waals surface area contributed by atoms with Crippen molar-refractivity contribution >= 4 is 0 Å². The van der Waals surface area contributed by atoms with E-state index in [0.29, 0.717) is 0 Å². The summed E-state index contributed by atoms with van der Waals surface area (Å²) in [6.07, 6.45) is 8.91. The number of rotatable bonds is 7. The van der Waals surface area contributed by atoms with Crippen LogP contribution in [0, 0.1) is 0 Å². The van der Waals surface area contributed by atoms with Crippen LogP contribution < -0.4 is 0 Å². The lowest BCUT2D eigenvalue weighted by Crippen LogP contribution is -2.00. The van der Waals surface area contributed by atoms with Crippen molar-refractivity contribution in [2.45, 2.75) is 65.7 Å². The second-order valence-corrected chi connectivity index (χ2v) is 4.66. The fraction of sp³-hybridized carbons (Fsp3) is 0.625. The largest absolute Gasteiger partial charge is 0.0654 e. The number of hydrogen-bond acceptors (Lipinski definition) is 0. The van der Waals surface area contributed by atoms with Gasteiger partial charge in [0.25, 0.3) is 0 Å². The van der Waals surface area contributed by atoms with Crippen LogP contribution in [0.5, 0.6) is 0 Å². The Labute approximate surface area is 101 Å². The second-order valence-electron chi connectivity index (χ2n) is 4.66. The summed E-state index contributed by atoms with van der Waals surface area (Å²) in [5, 5.41) is 0. The maximum Gasteiger partial charge on any atom is -0.0276 e. The molecule has 0 aliphatic rings. The maximum atomic E-state index is 2.33. The van der Waals surface area contributed by atoms with Crippen molar-refractivity contribution in [1.29, 1.82) is 0 Å². The van der Waals surface area contributed by atoms with E-state index in [4.69, 9.17) is 0 Å². The van der Waals surface area contributed by atoms with Crippen LogP contribution in [0.25, 0.3) is 0 Å². The molecule has 0 bridgehead atoms. The van der Waals surface area contributed by atoms with E-state index in [1.165, 1.54) is 44.9 Å². The van der Waals surface area contributed by atoms with Gasteiger partial charge in [0.2, 0.25) is 0 Å². The Kier molecular flexibility index (Phi) is 6.22. The van der Waals surface area contributed by atoms with E-state index in [2.05, 4.69) is 39.0 Å². The molecule has 0 aliphatic heterocycles. The monoisotopic (exact) mass is 218 g/mol. The summed E-state index contributed by atoms with van der Waals surface area (Å²) in [5.74, 6) is 0. The molecule has 90 valence electrons. The highest BCUT2D eigenvalue weighted by molar-refractivity contribution is 5.35. The van der Waals surface area contributed by atoms with E-state index in [-0.39, 0.29) is 0 Å². The molecule has 0 fully saturated rings. The molecule has 0 heterocycles. The lowest BCUT2D eigenvalue weighted by molar-refractivity contribution is 0.771. The predicted octanol–water partition coefficient (Wildman–Crippen LogP) is 4.93. The molecule has 0 aliphatic carbocycles. The first kappa shape index (κ1) is 13.3. The SMILES string of the molecule is CCCCc1cccc(CCC)c1CCC. The Bertz CT molecular complexity index is 299. The summed E-state index contributed by atoms with van der Waals surface area (Å²) < 4.78 is 0. The molecule has 0 unspecified atom stereocenters. The average molecular weight is 218 g/mol. The standard InChI is InChI=1S/C16H26/c1-4-7-11-15-13-8-12-14(9-5-2)16(15)10-6-3/h8,12-13H,4-7,9-11H2,1-3H3. The Hall–Kier alpha value is -0.780. The van der Waals surface area contributed by atoms with Crippen LogP contribution in [-0.2, 0) is 19.3 Å². The van der Waals surface area contributed by atoms with Crippen molar-refractivity contribution in [1.82, 2.24) is 0 Å². The zero-order chi connectivity index (χ0) is 11.8. The summed E-state index contributed by atoms with van der Waals surface area (Å²) >= 11 is 0. The molecule has 0 N–H and O–H groups in total. The third-order valence-corrected chi connectivity index (χ3v) is 3.19. The van der Waals surface area contributed by atoms with Crippen molar-refractivity contribution in [3.63, 3.8) is 0 Å². The highest BCUT2D eigenvalue weighted by Crippen LogP contribution is 2.20. The van der Waals surface area contributed by atoms with E-state index in [0.717, 1.165) is 0 Å². The molecule has 0 spiro atoms. The highest BCUT2D eigenvalue weighted by Gasteiger charge is 2.06. The molecule has 0 heteroatoms. The van der Waals surface area contributed by atoms with E-state index < -0.39 is 0 Å². The van der Waals surface area contributed by atoms with Crippen LogP contribution in [0.4, 0.5) is 0 Å². The highest BCUT2D eigenvalue weighted by atomic mass is 14.1. The van der Waals surface area contributed by atoms with Gasteiger partial charge in [0.15, 0.2) is 0 Å². The van der Waals surface area contributed by atoms with Crippen molar-refractivity contribution in [3.05, 3.63) is 34.9 Å². The van der Waals surface area contributed by atoms with Gasteiger partial charge in [0.05, 0.1) is 0 Å². The lowest BCUT2D eigenvalue weighted by atomic mass is 9.92. The van der Waals surface area contributed by atoms with Crippen molar-refractivity contribution in [2.75, 3.05) is 0 Å². The minimum Gasteiger partial charge on any atom is -0.0654 e. The van der Waals surface area contributed by atoms with E-state index >= 15 is 0 Å². The molecule has 0 radical (unpaired) electrons. The Morgan fingerprint density at radius 3 is 1.94 bits per heavy atom. The number of benzene rings is 1. The quantitative estimate of drug-likeness (QED) is 0.608. The van der Waals surface area contributed by atoms with E-state index in [1.54, 1.807) is 16.7 Å². The van der Waals surface area contributed by atoms with Crippen molar-refractivity contribution in [2.24, 2.45) is 0 Å². The Morgan fingerprint density at radius 2 is 1.38 bits per heavy atom. The van der Waals surface area contributed by atoms with Crippen LogP contribution in [0.3, 0.4) is 0 Å². The summed E-state index contributed by atoms with van der Waals surface area (Å²) in [7, 11) is 0. The van der Waals surface area contributed by atoms with Gasteiger partial charge in [-0.3, -0.25) is 0 Å². The zero-order valence-electron chi connectivity index (χ0n) is 11.2. The molecular formula is C16H26. The molecule has 16 heavy (non-hydrogen) atoms. The number of aryl methyl sites for hydroxylation is 2. The van der Waals surface area contributed by atoms with Crippen LogP contribution in [0.15, 0.2) is 18.2 Å². The topological polar surface area (TPSA) is 0 Å². The molecule has 0 saturated carbocycles. The smallest absolute Gasteiger partial charge is 0.0276 e. The molecule has 0 nitrogen and oxygen atoms in total. The first-order valence-electron chi connectivity index (χ1n) is 6.93. The summed E-state index contributed by atoms with van der Waals surface area (Å²) in [4.78, 5) is 0. The molecule has 1 rings (SSSR count). The van der Waals surface area contributed by atoms with E-state index in [9.17, 15) is 0 Å². The average Bonchev–Trinajstić information content (AvgIpc) is 2.30. The predicted molar refractivity (Wildman–Crippen MR) is 73.0 cm³/mol. The third kappa shape index (κ3) is 3.66. The minimum atomic E-state index is 1.25. The summed E-state index contributed by atoms with van der Waals surface area (Å²) in [5.41, 5.74) is 4.85.